The number of nitrogens with one attached hydrogen (secondary N) is 1. The van der Waals surface area contributed by atoms with Crippen molar-refractivity contribution in [1.82, 2.24) is 10.3 Å². The SMILES string of the molecule is CSC(=Nc1cccc2oc(C)nc12)NC#N. The lowest BCUT2D eigenvalue weighted by molar-refractivity contribution is 0.561. The summed E-state index contributed by atoms with van der Waals surface area (Å²) in [7, 11) is 0. The van der Waals surface area contributed by atoms with Crippen LogP contribution in [0.15, 0.2) is 27.6 Å². The molecule has 0 aliphatic heterocycles. The highest BCUT2D eigenvalue weighted by atomic mass is 32.2. The Bertz CT molecular complexity index is 611. The Balaban J connectivity index is 2.51. The number of benzene rings is 1. The van der Waals surface area contributed by atoms with Crippen molar-refractivity contribution in [3.05, 3.63) is 24.1 Å². The van der Waals surface area contributed by atoms with Gasteiger partial charge in [0.05, 0.1) is 5.69 Å². The van der Waals surface area contributed by atoms with Crippen molar-refractivity contribution in [1.29, 1.82) is 5.26 Å². The molecule has 0 spiro atoms. The maximum absolute atomic E-state index is 8.57. The Morgan fingerprint density at radius 1 is 1.59 bits per heavy atom. The molecular formula is C11H10N4OS. The zero-order valence-electron chi connectivity index (χ0n) is 9.39. The van der Waals surface area contributed by atoms with Crippen LogP contribution in [0.1, 0.15) is 5.89 Å². The van der Waals surface area contributed by atoms with Crippen LogP contribution in [0.5, 0.6) is 0 Å². The number of hydrogen-bond donors (Lipinski definition) is 1. The van der Waals surface area contributed by atoms with Gasteiger partial charge in [0, 0.05) is 6.92 Å². The van der Waals surface area contributed by atoms with Crippen LogP contribution in [-0.2, 0) is 0 Å². The Kier molecular flexibility index (Phi) is 3.30. The number of rotatable bonds is 1. The summed E-state index contributed by atoms with van der Waals surface area (Å²) >= 11 is 1.36. The average Bonchev–Trinajstić information content (AvgIpc) is 2.70. The van der Waals surface area contributed by atoms with Gasteiger partial charge >= 0.3 is 0 Å². The predicted molar refractivity (Wildman–Crippen MR) is 68.1 cm³/mol. The number of nitriles is 1. The predicted octanol–water partition coefficient (Wildman–Crippen LogP) is 2.56. The zero-order valence-corrected chi connectivity index (χ0v) is 10.2. The van der Waals surface area contributed by atoms with Crippen LogP contribution in [-0.4, -0.2) is 16.4 Å². The van der Waals surface area contributed by atoms with E-state index in [0.717, 1.165) is 0 Å². The number of thioether (sulfide) groups is 1. The summed E-state index contributed by atoms with van der Waals surface area (Å²) in [6, 6.07) is 5.51. The van der Waals surface area contributed by atoms with Gasteiger partial charge < -0.3 is 4.42 Å². The molecule has 0 bridgehead atoms. The number of nitrogens with zero attached hydrogens (tertiary/aromatic N) is 3. The third kappa shape index (κ3) is 2.40. The van der Waals surface area contributed by atoms with Gasteiger partial charge in [0.15, 0.2) is 22.8 Å². The van der Waals surface area contributed by atoms with Crippen molar-refractivity contribution in [2.75, 3.05) is 6.26 Å². The van der Waals surface area contributed by atoms with Gasteiger partial charge in [-0.25, -0.2) is 9.98 Å². The fraction of sp³-hybridized carbons (Fsp3) is 0.182. The molecule has 1 aromatic carbocycles. The van der Waals surface area contributed by atoms with E-state index in [1.54, 1.807) is 6.92 Å². The molecule has 17 heavy (non-hydrogen) atoms. The molecule has 0 amide bonds. The molecule has 1 N–H and O–H groups in total. The van der Waals surface area contributed by atoms with Crippen LogP contribution in [0.2, 0.25) is 0 Å². The lowest BCUT2D eigenvalue weighted by Gasteiger charge is -1.99. The van der Waals surface area contributed by atoms with E-state index in [2.05, 4.69) is 15.3 Å². The van der Waals surface area contributed by atoms with Gasteiger partial charge in [0.2, 0.25) is 0 Å². The molecule has 86 valence electrons. The number of para-hydroxylation sites is 1. The first-order chi connectivity index (χ1) is 8.24. The molecule has 0 saturated carbocycles. The van der Waals surface area contributed by atoms with Crippen molar-refractivity contribution in [3.8, 4) is 6.19 Å². The Morgan fingerprint density at radius 3 is 3.12 bits per heavy atom. The number of amidine groups is 1. The van der Waals surface area contributed by atoms with Gasteiger partial charge in [0.1, 0.15) is 5.52 Å². The fourth-order valence-corrected chi connectivity index (χ4v) is 1.75. The van der Waals surface area contributed by atoms with Crippen LogP contribution in [0.25, 0.3) is 11.1 Å². The van der Waals surface area contributed by atoms with Gasteiger partial charge in [0.25, 0.3) is 0 Å². The summed E-state index contributed by atoms with van der Waals surface area (Å²) in [5.41, 5.74) is 2.09. The van der Waals surface area contributed by atoms with E-state index in [0.29, 0.717) is 27.8 Å². The third-order valence-electron chi connectivity index (χ3n) is 2.08. The van der Waals surface area contributed by atoms with E-state index >= 15 is 0 Å². The van der Waals surface area contributed by atoms with Crippen molar-refractivity contribution in [2.24, 2.45) is 4.99 Å². The summed E-state index contributed by atoms with van der Waals surface area (Å²) in [6.45, 7) is 1.79. The normalized spacial score (nSPS) is 11.5. The first kappa shape index (κ1) is 11.5. The molecule has 1 heterocycles. The molecule has 1 aromatic heterocycles. The second-order valence-electron chi connectivity index (χ2n) is 3.21. The fourth-order valence-electron chi connectivity index (χ4n) is 1.42. The molecule has 5 nitrogen and oxygen atoms in total. The second kappa shape index (κ2) is 4.89. The van der Waals surface area contributed by atoms with Crippen molar-refractivity contribution < 1.29 is 4.42 Å². The van der Waals surface area contributed by atoms with Crippen molar-refractivity contribution in [3.63, 3.8) is 0 Å². The summed E-state index contributed by atoms with van der Waals surface area (Å²) in [4.78, 5) is 8.60. The van der Waals surface area contributed by atoms with Gasteiger partial charge in [-0.15, -0.1) is 0 Å². The van der Waals surface area contributed by atoms with Gasteiger partial charge in [-0.2, -0.15) is 5.26 Å². The van der Waals surface area contributed by atoms with E-state index in [1.807, 2.05) is 30.6 Å². The molecule has 0 aliphatic carbocycles. The van der Waals surface area contributed by atoms with Crippen LogP contribution in [0.3, 0.4) is 0 Å². The topological polar surface area (TPSA) is 74.2 Å². The summed E-state index contributed by atoms with van der Waals surface area (Å²) in [5.74, 6) is 0.599. The zero-order chi connectivity index (χ0) is 12.3. The molecule has 2 aromatic rings. The molecule has 0 atom stereocenters. The molecule has 6 heteroatoms. The Labute approximate surface area is 103 Å². The van der Waals surface area contributed by atoms with Gasteiger partial charge in [-0.3, -0.25) is 5.32 Å². The largest absolute Gasteiger partial charge is 0.441 e. The van der Waals surface area contributed by atoms with Crippen molar-refractivity contribution in [2.45, 2.75) is 6.92 Å². The summed E-state index contributed by atoms with van der Waals surface area (Å²) in [6.07, 6.45) is 3.69. The average molecular weight is 246 g/mol. The van der Waals surface area contributed by atoms with Crippen LogP contribution in [0, 0.1) is 18.4 Å². The van der Waals surface area contributed by atoms with Gasteiger partial charge in [-0.05, 0) is 18.4 Å². The van der Waals surface area contributed by atoms with Crippen molar-refractivity contribution >= 4 is 33.7 Å². The lowest BCUT2D eigenvalue weighted by Crippen LogP contribution is -2.12. The molecule has 0 aliphatic rings. The van der Waals surface area contributed by atoms with E-state index in [-0.39, 0.29) is 0 Å². The first-order valence-corrected chi connectivity index (χ1v) is 6.11. The summed E-state index contributed by atoms with van der Waals surface area (Å²) < 4.78 is 5.41. The maximum Gasteiger partial charge on any atom is 0.192 e. The summed E-state index contributed by atoms with van der Waals surface area (Å²) in [5, 5.41) is 11.6. The third-order valence-corrected chi connectivity index (χ3v) is 2.66. The van der Waals surface area contributed by atoms with Crippen LogP contribution >= 0.6 is 11.8 Å². The van der Waals surface area contributed by atoms with E-state index in [9.17, 15) is 0 Å². The Hall–Kier alpha value is -2.00. The number of aromatic nitrogens is 1. The van der Waals surface area contributed by atoms with Gasteiger partial charge in [-0.1, -0.05) is 17.8 Å². The molecule has 0 unspecified atom stereocenters. The maximum atomic E-state index is 8.57. The highest BCUT2D eigenvalue weighted by molar-refractivity contribution is 8.13. The molecule has 0 saturated heterocycles. The minimum Gasteiger partial charge on any atom is -0.441 e. The molecule has 0 radical (unpaired) electrons. The Morgan fingerprint density at radius 2 is 2.41 bits per heavy atom. The van der Waals surface area contributed by atoms with E-state index in [1.165, 1.54) is 11.8 Å². The first-order valence-electron chi connectivity index (χ1n) is 4.88. The minimum atomic E-state index is 0.528. The molecule has 0 fully saturated rings. The smallest absolute Gasteiger partial charge is 0.192 e. The monoisotopic (exact) mass is 246 g/mol. The quantitative estimate of drug-likeness (QED) is 0.362. The van der Waals surface area contributed by atoms with E-state index in [4.69, 9.17) is 9.68 Å². The van der Waals surface area contributed by atoms with Crippen LogP contribution < -0.4 is 5.32 Å². The highest BCUT2D eigenvalue weighted by Gasteiger charge is 2.07. The van der Waals surface area contributed by atoms with E-state index < -0.39 is 0 Å². The molecule has 2 rings (SSSR count). The minimum absolute atomic E-state index is 0.528. The number of hydrogen-bond acceptors (Lipinski definition) is 5. The molecular weight excluding hydrogens is 236 g/mol. The lowest BCUT2D eigenvalue weighted by atomic mass is 10.3. The number of oxazole rings is 1. The second-order valence-corrected chi connectivity index (χ2v) is 4.01. The highest BCUT2D eigenvalue weighted by Crippen LogP contribution is 2.26. The van der Waals surface area contributed by atoms with Crippen LogP contribution in [0.4, 0.5) is 5.69 Å². The number of fused-ring (bicyclic) bond motifs is 1. The standard InChI is InChI=1S/C11H10N4OS/c1-7-14-10-8(4-3-5-9(10)16-7)15-11(17-2)13-6-12/h3-5H,1-2H3,(H,13,15). The number of aryl methyl sites for hydroxylation is 1. The number of aliphatic imine (C=N–C) groups is 1.